The van der Waals surface area contributed by atoms with Gasteiger partial charge in [-0.2, -0.15) is 11.8 Å². The van der Waals surface area contributed by atoms with Crippen LogP contribution < -0.4 is 0 Å². The van der Waals surface area contributed by atoms with Gasteiger partial charge in [0.1, 0.15) is 6.61 Å². The maximum atomic E-state index is 13.1. The topological polar surface area (TPSA) is 26.3 Å². The summed E-state index contributed by atoms with van der Waals surface area (Å²) in [7, 11) is 0. The normalized spacial score (nSPS) is 13.2. The van der Waals surface area contributed by atoms with E-state index in [1.165, 1.54) is 6.92 Å². The minimum atomic E-state index is -2.53. The quantitative estimate of drug-likeness (QED) is 0.333. The zero-order valence-corrected chi connectivity index (χ0v) is 14.4. The second-order valence-corrected chi connectivity index (χ2v) is 6.79. The molecule has 0 amide bonds. The van der Waals surface area contributed by atoms with Crippen molar-refractivity contribution in [1.82, 2.24) is 0 Å². The maximum Gasteiger partial charge on any atom is 0.305 e. The zero-order valence-electron chi connectivity index (χ0n) is 13.6. The Labute approximate surface area is 132 Å². The smallest absolute Gasteiger partial charge is 0.305 e. The molecule has 0 aliphatic carbocycles. The van der Waals surface area contributed by atoms with Crippen LogP contribution in [0.15, 0.2) is 0 Å². The van der Waals surface area contributed by atoms with Crippen molar-refractivity contribution in [3.8, 4) is 0 Å². The Hall–Kier alpha value is -0.320. The molecule has 21 heavy (non-hydrogen) atoms. The van der Waals surface area contributed by atoms with E-state index in [9.17, 15) is 13.6 Å². The predicted molar refractivity (Wildman–Crippen MR) is 86.1 cm³/mol. The number of hydrogen-bond acceptors (Lipinski definition) is 3. The van der Waals surface area contributed by atoms with Gasteiger partial charge in [0.15, 0.2) is 0 Å². The summed E-state index contributed by atoms with van der Waals surface area (Å²) in [5.74, 6) is -1.98. The number of carbonyl (C=O) groups excluding carboxylic acids is 1. The molecule has 0 bridgehead atoms. The van der Waals surface area contributed by atoms with Crippen LogP contribution in [0.2, 0.25) is 0 Å². The molecule has 0 rings (SSSR count). The molecule has 0 saturated heterocycles. The third-order valence-corrected chi connectivity index (χ3v) is 4.70. The molecule has 0 aromatic rings. The SMILES string of the molecule is CCCCC(=O)OCC(CCC)SCCCC(F)(F)CC. The lowest BCUT2D eigenvalue weighted by Crippen LogP contribution is -2.18. The molecule has 0 radical (unpaired) electrons. The summed E-state index contributed by atoms with van der Waals surface area (Å²) >= 11 is 1.65. The van der Waals surface area contributed by atoms with Crippen molar-refractivity contribution in [2.75, 3.05) is 12.4 Å². The number of ether oxygens (including phenoxy) is 1. The van der Waals surface area contributed by atoms with Crippen LogP contribution in [0.1, 0.15) is 72.1 Å². The van der Waals surface area contributed by atoms with Gasteiger partial charge in [0.05, 0.1) is 0 Å². The van der Waals surface area contributed by atoms with E-state index in [0.717, 1.165) is 25.7 Å². The molecule has 1 atom stereocenters. The summed E-state index contributed by atoms with van der Waals surface area (Å²) in [6, 6.07) is 0. The van der Waals surface area contributed by atoms with Crippen molar-refractivity contribution in [2.45, 2.75) is 83.3 Å². The van der Waals surface area contributed by atoms with Crippen LogP contribution in [0.5, 0.6) is 0 Å². The van der Waals surface area contributed by atoms with Gasteiger partial charge in [0, 0.05) is 24.5 Å². The highest BCUT2D eigenvalue weighted by Crippen LogP contribution is 2.26. The Morgan fingerprint density at radius 2 is 1.90 bits per heavy atom. The Morgan fingerprint density at radius 1 is 1.19 bits per heavy atom. The van der Waals surface area contributed by atoms with Crippen LogP contribution in [-0.2, 0) is 9.53 Å². The lowest BCUT2D eigenvalue weighted by molar-refractivity contribution is -0.143. The third-order valence-electron chi connectivity index (χ3n) is 3.33. The largest absolute Gasteiger partial charge is 0.464 e. The summed E-state index contributed by atoms with van der Waals surface area (Å²) in [6.07, 6.45) is 4.64. The molecule has 2 nitrogen and oxygen atoms in total. The van der Waals surface area contributed by atoms with E-state index in [4.69, 9.17) is 4.74 Å². The van der Waals surface area contributed by atoms with Gasteiger partial charge in [-0.15, -0.1) is 0 Å². The summed E-state index contributed by atoms with van der Waals surface area (Å²) in [5.41, 5.74) is 0. The Kier molecular flexibility index (Phi) is 12.1. The molecule has 0 spiro atoms. The molecule has 0 aromatic carbocycles. The molecule has 0 aromatic heterocycles. The molecule has 0 fully saturated rings. The number of hydrogen-bond donors (Lipinski definition) is 0. The number of thioether (sulfide) groups is 1. The number of rotatable bonds is 13. The van der Waals surface area contributed by atoms with Gasteiger partial charge in [0.2, 0.25) is 5.92 Å². The fraction of sp³-hybridized carbons (Fsp3) is 0.938. The van der Waals surface area contributed by atoms with E-state index < -0.39 is 5.92 Å². The van der Waals surface area contributed by atoms with Gasteiger partial charge in [-0.05, 0) is 25.0 Å². The molecule has 5 heteroatoms. The van der Waals surface area contributed by atoms with Crippen LogP contribution in [0.4, 0.5) is 8.78 Å². The van der Waals surface area contributed by atoms with Crippen LogP contribution in [0.3, 0.4) is 0 Å². The van der Waals surface area contributed by atoms with E-state index in [-0.39, 0.29) is 24.1 Å². The first-order valence-corrected chi connectivity index (χ1v) is 9.15. The number of esters is 1. The molecular weight excluding hydrogens is 294 g/mol. The van der Waals surface area contributed by atoms with Gasteiger partial charge in [-0.1, -0.05) is 33.6 Å². The highest BCUT2D eigenvalue weighted by Gasteiger charge is 2.25. The highest BCUT2D eigenvalue weighted by molar-refractivity contribution is 7.99. The number of carbonyl (C=O) groups is 1. The van der Waals surface area contributed by atoms with Gasteiger partial charge >= 0.3 is 5.97 Å². The minimum absolute atomic E-state index is 0.0500. The van der Waals surface area contributed by atoms with Gasteiger partial charge in [-0.25, -0.2) is 8.78 Å². The molecule has 0 aliphatic heterocycles. The zero-order chi connectivity index (χ0) is 16.1. The van der Waals surface area contributed by atoms with Gasteiger partial charge in [-0.3, -0.25) is 4.79 Å². The third kappa shape index (κ3) is 12.0. The number of alkyl halides is 2. The first kappa shape index (κ1) is 20.7. The first-order chi connectivity index (χ1) is 9.95. The lowest BCUT2D eigenvalue weighted by atomic mass is 10.1. The fourth-order valence-electron chi connectivity index (χ4n) is 1.87. The maximum absolute atomic E-state index is 13.1. The summed E-state index contributed by atoms with van der Waals surface area (Å²) < 4.78 is 31.5. The Morgan fingerprint density at radius 3 is 2.48 bits per heavy atom. The van der Waals surface area contributed by atoms with Crippen molar-refractivity contribution >= 4 is 17.7 Å². The predicted octanol–water partition coefficient (Wildman–Crippen LogP) is 5.45. The van der Waals surface area contributed by atoms with Crippen molar-refractivity contribution in [2.24, 2.45) is 0 Å². The Balaban J connectivity index is 3.88. The van der Waals surface area contributed by atoms with Crippen molar-refractivity contribution in [3.63, 3.8) is 0 Å². The van der Waals surface area contributed by atoms with Crippen LogP contribution >= 0.6 is 11.8 Å². The van der Waals surface area contributed by atoms with Crippen molar-refractivity contribution in [3.05, 3.63) is 0 Å². The van der Waals surface area contributed by atoms with Crippen molar-refractivity contribution < 1.29 is 18.3 Å². The van der Waals surface area contributed by atoms with E-state index in [2.05, 4.69) is 6.92 Å². The standard InChI is InChI=1S/C16H30F2O2S/c1-4-7-10-15(19)20-13-14(9-5-2)21-12-8-11-16(17,18)6-3/h14H,4-13H2,1-3H3. The second-order valence-electron chi connectivity index (χ2n) is 5.38. The van der Waals surface area contributed by atoms with E-state index >= 15 is 0 Å². The van der Waals surface area contributed by atoms with Gasteiger partial charge < -0.3 is 4.74 Å². The number of halogens is 2. The van der Waals surface area contributed by atoms with E-state index in [1.807, 2.05) is 6.92 Å². The molecule has 0 heterocycles. The molecule has 0 saturated carbocycles. The molecule has 126 valence electrons. The highest BCUT2D eigenvalue weighted by atomic mass is 32.2. The van der Waals surface area contributed by atoms with E-state index in [0.29, 0.717) is 25.2 Å². The van der Waals surface area contributed by atoms with Crippen LogP contribution in [0, 0.1) is 0 Å². The van der Waals surface area contributed by atoms with E-state index in [1.54, 1.807) is 11.8 Å². The minimum Gasteiger partial charge on any atom is -0.464 e. The molecular formula is C16H30F2O2S. The summed E-state index contributed by atoms with van der Waals surface area (Å²) in [4.78, 5) is 11.5. The van der Waals surface area contributed by atoms with Crippen LogP contribution in [-0.4, -0.2) is 29.5 Å². The number of unbranched alkanes of at least 4 members (excludes halogenated alkanes) is 1. The average Bonchev–Trinajstić information content (AvgIpc) is 2.46. The van der Waals surface area contributed by atoms with Crippen LogP contribution in [0.25, 0.3) is 0 Å². The average molecular weight is 324 g/mol. The monoisotopic (exact) mass is 324 g/mol. The fourth-order valence-corrected chi connectivity index (χ4v) is 3.08. The molecule has 0 aliphatic rings. The molecule has 0 N–H and O–H groups in total. The van der Waals surface area contributed by atoms with Crippen molar-refractivity contribution in [1.29, 1.82) is 0 Å². The molecule has 1 unspecified atom stereocenters. The lowest BCUT2D eigenvalue weighted by Gasteiger charge is -2.17. The summed E-state index contributed by atoms with van der Waals surface area (Å²) in [6.45, 7) is 6.04. The first-order valence-electron chi connectivity index (χ1n) is 8.10. The summed E-state index contributed by atoms with van der Waals surface area (Å²) in [5, 5.41) is 0.232. The second kappa shape index (κ2) is 12.2. The Bertz CT molecular complexity index is 273. The van der Waals surface area contributed by atoms with Gasteiger partial charge in [0.25, 0.3) is 0 Å².